The monoisotopic (exact) mass is 255 g/mol. The van der Waals surface area contributed by atoms with Crippen molar-refractivity contribution < 1.29 is 14.6 Å². The van der Waals surface area contributed by atoms with Gasteiger partial charge in [-0.25, -0.2) is 0 Å². The molecule has 92 valence electrons. The SMILES string of the molecule is COc1cc(CNC(=O)/C=C(/C)Cl)ccc1O. The number of nitrogens with one attached hydrogen (secondary N) is 1. The second-order valence-corrected chi connectivity index (χ2v) is 4.05. The second-order valence-electron chi connectivity index (χ2n) is 3.46. The fourth-order valence-electron chi connectivity index (χ4n) is 1.25. The Morgan fingerprint density at radius 1 is 1.59 bits per heavy atom. The molecule has 1 rings (SSSR count). The van der Waals surface area contributed by atoms with E-state index >= 15 is 0 Å². The van der Waals surface area contributed by atoms with Crippen molar-refractivity contribution in [2.24, 2.45) is 0 Å². The van der Waals surface area contributed by atoms with E-state index in [9.17, 15) is 9.90 Å². The zero-order chi connectivity index (χ0) is 12.8. The number of rotatable bonds is 4. The molecule has 0 saturated heterocycles. The highest BCUT2D eigenvalue weighted by Gasteiger charge is 2.03. The third-order valence-electron chi connectivity index (χ3n) is 2.04. The largest absolute Gasteiger partial charge is 0.504 e. The van der Waals surface area contributed by atoms with E-state index in [0.717, 1.165) is 5.56 Å². The molecule has 1 amide bonds. The third-order valence-corrected chi connectivity index (χ3v) is 2.15. The van der Waals surface area contributed by atoms with E-state index in [0.29, 0.717) is 17.3 Å². The molecule has 0 fully saturated rings. The molecule has 1 aromatic rings. The minimum absolute atomic E-state index is 0.0686. The molecule has 1 aromatic carbocycles. The fraction of sp³-hybridized carbons (Fsp3) is 0.250. The molecule has 2 N–H and O–H groups in total. The van der Waals surface area contributed by atoms with Crippen LogP contribution >= 0.6 is 11.6 Å². The van der Waals surface area contributed by atoms with Gasteiger partial charge < -0.3 is 15.2 Å². The smallest absolute Gasteiger partial charge is 0.245 e. The van der Waals surface area contributed by atoms with Gasteiger partial charge in [-0.1, -0.05) is 17.7 Å². The Morgan fingerprint density at radius 2 is 2.29 bits per heavy atom. The summed E-state index contributed by atoms with van der Waals surface area (Å²) in [7, 11) is 1.47. The second kappa shape index (κ2) is 6.15. The van der Waals surface area contributed by atoms with E-state index in [1.807, 2.05) is 0 Å². The molecule has 0 heterocycles. The molecule has 0 bridgehead atoms. The van der Waals surface area contributed by atoms with Crippen molar-refractivity contribution in [1.29, 1.82) is 0 Å². The van der Waals surface area contributed by atoms with Gasteiger partial charge in [0.1, 0.15) is 0 Å². The summed E-state index contributed by atoms with van der Waals surface area (Å²) < 4.78 is 4.96. The molecule has 0 atom stereocenters. The first-order chi connectivity index (χ1) is 8.02. The molecule has 17 heavy (non-hydrogen) atoms. The van der Waals surface area contributed by atoms with Gasteiger partial charge in [0.05, 0.1) is 7.11 Å². The van der Waals surface area contributed by atoms with E-state index in [2.05, 4.69) is 5.32 Å². The van der Waals surface area contributed by atoms with Crippen LogP contribution < -0.4 is 10.1 Å². The van der Waals surface area contributed by atoms with Crippen LogP contribution in [0.2, 0.25) is 0 Å². The fourth-order valence-corrected chi connectivity index (χ4v) is 1.35. The van der Waals surface area contributed by atoms with Gasteiger partial charge in [0.2, 0.25) is 5.91 Å². The normalized spacial score (nSPS) is 11.1. The van der Waals surface area contributed by atoms with Gasteiger partial charge in [0.15, 0.2) is 11.5 Å². The van der Waals surface area contributed by atoms with Crippen molar-refractivity contribution in [3.8, 4) is 11.5 Å². The first-order valence-corrected chi connectivity index (χ1v) is 5.38. The first kappa shape index (κ1) is 13.4. The van der Waals surface area contributed by atoms with E-state index in [4.69, 9.17) is 16.3 Å². The lowest BCUT2D eigenvalue weighted by atomic mass is 10.2. The average molecular weight is 256 g/mol. The van der Waals surface area contributed by atoms with Crippen LogP contribution in [0.1, 0.15) is 12.5 Å². The summed E-state index contributed by atoms with van der Waals surface area (Å²) in [4.78, 5) is 11.3. The van der Waals surface area contributed by atoms with Gasteiger partial charge >= 0.3 is 0 Å². The molecule has 0 aliphatic carbocycles. The number of aromatic hydroxyl groups is 1. The molecule has 0 spiro atoms. The predicted molar refractivity (Wildman–Crippen MR) is 66.1 cm³/mol. The molecule has 0 aromatic heterocycles. The molecule has 5 heteroatoms. The number of phenolic OH excluding ortho intramolecular Hbond substituents is 1. The van der Waals surface area contributed by atoms with Gasteiger partial charge in [-0.05, 0) is 24.6 Å². The molecule has 0 aliphatic rings. The number of amides is 1. The molecular weight excluding hydrogens is 242 g/mol. The number of hydrogen-bond acceptors (Lipinski definition) is 3. The zero-order valence-corrected chi connectivity index (χ0v) is 10.4. The summed E-state index contributed by atoms with van der Waals surface area (Å²) in [6.07, 6.45) is 1.30. The van der Waals surface area contributed by atoms with E-state index in [1.165, 1.54) is 19.3 Å². The highest BCUT2D eigenvalue weighted by molar-refractivity contribution is 6.30. The molecule has 0 aliphatic heterocycles. The number of methoxy groups -OCH3 is 1. The summed E-state index contributed by atoms with van der Waals surface area (Å²) >= 11 is 5.57. The average Bonchev–Trinajstić information content (AvgIpc) is 2.27. The van der Waals surface area contributed by atoms with Gasteiger partial charge in [-0.3, -0.25) is 4.79 Å². The standard InChI is InChI=1S/C12H14ClNO3/c1-8(13)5-12(16)14-7-9-3-4-10(15)11(6-9)17-2/h3-6,15H,7H2,1-2H3,(H,14,16)/b8-5-. The molecule has 4 nitrogen and oxygen atoms in total. The highest BCUT2D eigenvalue weighted by atomic mass is 35.5. The number of hydrogen-bond donors (Lipinski definition) is 2. The highest BCUT2D eigenvalue weighted by Crippen LogP contribution is 2.26. The van der Waals surface area contributed by atoms with Gasteiger partial charge in [0.25, 0.3) is 0 Å². The van der Waals surface area contributed by atoms with Gasteiger partial charge in [-0.15, -0.1) is 0 Å². The van der Waals surface area contributed by atoms with Gasteiger partial charge in [0, 0.05) is 17.7 Å². The Morgan fingerprint density at radius 3 is 2.88 bits per heavy atom. The topological polar surface area (TPSA) is 58.6 Å². The molecule has 0 unspecified atom stereocenters. The lowest BCUT2D eigenvalue weighted by Gasteiger charge is -2.07. The zero-order valence-electron chi connectivity index (χ0n) is 9.66. The molecular formula is C12H14ClNO3. The van der Waals surface area contributed by atoms with E-state index in [-0.39, 0.29) is 11.7 Å². The predicted octanol–water partition coefficient (Wildman–Crippen LogP) is 2.16. The maximum atomic E-state index is 11.3. The van der Waals surface area contributed by atoms with E-state index in [1.54, 1.807) is 19.1 Å². The van der Waals surface area contributed by atoms with Crippen molar-refractivity contribution in [2.75, 3.05) is 7.11 Å². The Bertz CT molecular complexity index is 439. The Kier molecular flexibility index (Phi) is 4.84. The van der Waals surface area contributed by atoms with Crippen LogP contribution in [0.5, 0.6) is 11.5 Å². The van der Waals surface area contributed by atoms with Crippen molar-refractivity contribution in [1.82, 2.24) is 5.32 Å². The van der Waals surface area contributed by atoms with Crippen LogP contribution in [-0.4, -0.2) is 18.1 Å². The van der Waals surface area contributed by atoms with Crippen LogP contribution in [0.3, 0.4) is 0 Å². The van der Waals surface area contributed by atoms with Crippen LogP contribution in [0.4, 0.5) is 0 Å². The van der Waals surface area contributed by atoms with Gasteiger partial charge in [-0.2, -0.15) is 0 Å². The lowest BCUT2D eigenvalue weighted by molar-refractivity contribution is -0.116. The summed E-state index contributed by atoms with van der Waals surface area (Å²) in [6.45, 7) is 1.97. The number of allylic oxidation sites excluding steroid dienone is 1. The Labute approximate surface area is 105 Å². The Hall–Kier alpha value is -1.68. The number of ether oxygens (including phenoxy) is 1. The third kappa shape index (κ3) is 4.36. The number of benzene rings is 1. The number of phenols is 1. The van der Waals surface area contributed by atoms with Crippen LogP contribution in [0.15, 0.2) is 29.3 Å². The number of halogens is 1. The van der Waals surface area contributed by atoms with Crippen molar-refractivity contribution in [2.45, 2.75) is 13.5 Å². The number of carbonyl (C=O) groups excluding carboxylic acids is 1. The minimum Gasteiger partial charge on any atom is -0.504 e. The van der Waals surface area contributed by atoms with Crippen LogP contribution in [0, 0.1) is 0 Å². The summed E-state index contributed by atoms with van der Waals surface area (Å²) in [5, 5.41) is 12.5. The molecule has 0 saturated carbocycles. The van der Waals surface area contributed by atoms with Crippen LogP contribution in [-0.2, 0) is 11.3 Å². The Balaban J connectivity index is 2.64. The van der Waals surface area contributed by atoms with Crippen LogP contribution in [0.25, 0.3) is 0 Å². The maximum absolute atomic E-state index is 11.3. The van der Waals surface area contributed by atoms with Crippen molar-refractivity contribution in [3.63, 3.8) is 0 Å². The van der Waals surface area contributed by atoms with Crippen molar-refractivity contribution >= 4 is 17.5 Å². The summed E-state index contributed by atoms with van der Waals surface area (Å²) in [6, 6.07) is 4.88. The maximum Gasteiger partial charge on any atom is 0.245 e. The van der Waals surface area contributed by atoms with E-state index < -0.39 is 0 Å². The summed E-state index contributed by atoms with van der Waals surface area (Å²) in [5.41, 5.74) is 0.827. The number of carbonyl (C=O) groups is 1. The summed E-state index contributed by atoms with van der Waals surface area (Å²) in [5.74, 6) is 0.185. The first-order valence-electron chi connectivity index (χ1n) is 5.00. The molecule has 0 radical (unpaired) electrons. The minimum atomic E-state index is -0.260. The lowest BCUT2D eigenvalue weighted by Crippen LogP contribution is -2.20. The quantitative estimate of drug-likeness (QED) is 0.811. The van der Waals surface area contributed by atoms with Crippen molar-refractivity contribution in [3.05, 3.63) is 34.9 Å².